The van der Waals surface area contributed by atoms with Gasteiger partial charge in [0.15, 0.2) is 11.9 Å². The van der Waals surface area contributed by atoms with Gasteiger partial charge in [-0.3, -0.25) is 9.48 Å². The van der Waals surface area contributed by atoms with Gasteiger partial charge in [0.1, 0.15) is 5.56 Å². The molecular formula is C22H26F3N5O2. The van der Waals surface area contributed by atoms with E-state index in [0.717, 1.165) is 25.7 Å². The molecule has 1 fully saturated rings. The molecule has 4 N–H and O–H groups in total. The molecule has 3 atom stereocenters. The number of primary amides is 1. The van der Waals surface area contributed by atoms with E-state index in [1.165, 1.54) is 32.2 Å². The first kappa shape index (κ1) is 23.6. The number of benzene rings is 1. The van der Waals surface area contributed by atoms with E-state index in [9.17, 15) is 28.3 Å². The van der Waals surface area contributed by atoms with Crippen LogP contribution in [0.25, 0.3) is 0 Å². The van der Waals surface area contributed by atoms with Crippen LogP contribution in [0.1, 0.15) is 61.5 Å². The average Bonchev–Trinajstić information content (AvgIpc) is 3.16. The summed E-state index contributed by atoms with van der Waals surface area (Å²) in [6.45, 7) is 2.63. The first-order valence-corrected chi connectivity index (χ1v) is 10.4. The van der Waals surface area contributed by atoms with Gasteiger partial charge in [-0.2, -0.15) is 23.5 Å². The number of amides is 1. The maximum absolute atomic E-state index is 13.0. The van der Waals surface area contributed by atoms with Crippen LogP contribution in [0.2, 0.25) is 0 Å². The first-order chi connectivity index (χ1) is 14.9. The molecule has 0 radical (unpaired) electrons. The van der Waals surface area contributed by atoms with Gasteiger partial charge in [-0.15, -0.1) is 0 Å². The van der Waals surface area contributed by atoms with E-state index in [0.29, 0.717) is 11.3 Å². The summed E-state index contributed by atoms with van der Waals surface area (Å²) < 4.78 is 40.6. The number of alkyl halides is 3. The largest absolute Gasteiger partial charge is 0.415 e. The maximum atomic E-state index is 13.0. The van der Waals surface area contributed by atoms with Crippen LogP contribution in [-0.2, 0) is 5.41 Å². The maximum Gasteiger partial charge on any atom is 0.415 e. The summed E-state index contributed by atoms with van der Waals surface area (Å²) >= 11 is 0. The van der Waals surface area contributed by atoms with Gasteiger partial charge in [-0.25, -0.2) is 0 Å². The Labute approximate surface area is 184 Å². The van der Waals surface area contributed by atoms with Gasteiger partial charge in [0, 0.05) is 17.3 Å². The van der Waals surface area contributed by atoms with Crippen LogP contribution in [0.3, 0.4) is 0 Å². The predicted molar refractivity (Wildman–Crippen MR) is 112 cm³/mol. The summed E-state index contributed by atoms with van der Waals surface area (Å²) in [5.41, 5.74) is 4.89. The summed E-state index contributed by atoms with van der Waals surface area (Å²) in [4.78, 5) is 11.9. The molecule has 1 aromatic heterocycles. The monoisotopic (exact) mass is 449 g/mol. The minimum atomic E-state index is -4.75. The quantitative estimate of drug-likeness (QED) is 0.612. The molecule has 0 unspecified atom stereocenters. The fourth-order valence-electron chi connectivity index (χ4n) is 4.10. The third-order valence-electron chi connectivity index (χ3n) is 6.12. The van der Waals surface area contributed by atoms with Crippen molar-refractivity contribution >= 4 is 17.4 Å². The molecule has 32 heavy (non-hydrogen) atoms. The lowest BCUT2D eigenvalue weighted by atomic mass is 9.79. The lowest BCUT2D eigenvalue weighted by molar-refractivity contribution is -0.221. The molecule has 1 aliphatic rings. The Bertz CT molecular complexity index is 1010. The van der Waals surface area contributed by atoms with Gasteiger partial charge in [0.05, 0.1) is 18.0 Å². The van der Waals surface area contributed by atoms with Crippen molar-refractivity contribution in [2.24, 2.45) is 11.7 Å². The summed E-state index contributed by atoms with van der Waals surface area (Å²) in [5.74, 6) is -0.685. The van der Waals surface area contributed by atoms with Crippen LogP contribution < -0.4 is 11.1 Å². The highest BCUT2D eigenvalue weighted by Gasteiger charge is 2.48. The molecule has 2 aromatic rings. The molecule has 172 valence electrons. The molecule has 0 saturated heterocycles. The van der Waals surface area contributed by atoms with Crippen molar-refractivity contribution in [3.63, 3.8) is 0 Å². The zero-order valence-electron chi connectivity index (χ0n) is 17.9. The molecule has 1 heterocycles. The summed E-state index contributed by atoms with van der Waals surface area (Å²) in [5, 5.41) is 26.6. The second-order valence-electron chi connectivity index (χ2n) is 8.69. The highest BCUT2D eigenvalue weighted by atomic mass is 19.4. The first-order valence-electron chi connectivity index (χ1n) is 10.4. The number of aliphatic hydroxyl groups excluding tert-OH is 1. The minimum absolute atomic E-state index is 0.157. The molecular weight excluding hydrogens is 423 g/mol. The number of carbonyl (C=O) groups excluding carboxylic acids is 1. The highest BCUT2D eigenvalue weighted by molar-refractivity contribution is 5.98. The lowest BCUT2D eigenvalue weighted by Crippen LogP contribution is -2.44. The number of nitrogens with zero attached hydrogens (tertiary/aromatic N) is 3. The number of aromatic nitrogens is 2. The number of nitrogens with two attached hydrogens (primary N) is 1. The number of rotatable bonds is 6. The van der Waals surface area contributed by atoms with Crippen molar-refractivity contribution in [3.8, 4) is 6.07 Å². The number of anilines is 2. The zero-order valence-corrected chi connectivity index (χ0v) is 17.9. The predicted octanol–water partition coefficient (Wildman–Crippen LogP) is 4.18. The Morgan fingerprint density at radius 3 is 2.47 bits per heavy atom. The lowest BCUT2D eigenvalue weighted by Gasteiger charge is -2.32. The second kappa shape index (κ2) is 8.82. The minimum Gasteiger partial charge on any atom is -0.383 e. The summed E-state index contributed by atoms with van der Waals surface area (Å²) in [6.07, 6.45) is -2.28. The molecule has 1 aliphatic carbocycles. The fraction of sp³-hybridized carbons (Fsp3) is 0.500. The van der Waals surface area contributed by atoms with Crippen LogP contribution in [0, 0.1) is 17.2 Å². The van der Waals surface area contributed by atoms with Gasteiger partial charge in [0.25, 0.3) is 5.91 Å². The van der Waals surface area contributed by atoms with E-state index in [2.05, 4.69) is 16.5 Å². The molecule has 0 spiro atoms. The Balaban J connectivity index is 1.85. The van der Waals surface area contributed by atoms with E-state index in [1.54, 1.807) is 16.8 Å². The number of nitrogens with one attached hydrogen (secondary N) is 1. The van der Waals surface area contributed by atoms with Crippen molar-refractivity contribution in [1.29, 1.82) is 5.26 Å². The highest BCUT2D eigenvalue weighted by Crippen LogP contribution is 2.37. The van der Waals surface area contributed by atoms with E-state index in [1.807, 2.05) is 0 Å². The number of nitriles is 1. The SMILES string of the molecule is CC(C)(c1ccc(Nc2nn([C@@H]3CCCC[C@H]3C#N)cc2C(N)=O)cc1)[C@@H](O)C(F)(F)F. The second-order valence-corrected chi connectivity index (χ2v) is 8.69. The number of hydrogen-bond acceptors (Lipinski definition) is 5. The van der Waals surface area contributed by atoms with Crippen molar-refractivity contribution < 1.29 is 23.1 Å². The summed E-state index contributed by atoms with van der Waals surface area (Å²) in [7, 11) is 0. The van der Waals surface area contributed by atoms with Gasteiger partial charge in [0.2, 0.25) is 0 Å². The van der Waals surface area contributed by atoms with Gasteiger partial charge >= 0.3 is 6.18 Å². The third-order valence-corrected chi connectivity index (χ3v) is 6.12. The van der Waals surface area contributed by atoms with Crippen molar-refractivity contribution in [2.45, 2.75) is 63.3 Å². The Hall–Kier alpha value is -3.06. The van der Waals surface area contributed by atoms with Gasteiger partial charge < -0.3 is 16.2 Å². The Morgan fingerprint density at radius 1 is 1.28 bits per heavy atom. The van der Waals surface area contributed by atoms with Crippen LogP contribution in [0.15, 0.2) is 30.5 Å². The molecule has 1 amide bonds. The normalized spacial score (nSPS) is 20.4. The fourth-order valence-corrected chi connectivity index (χ4v) is 4.10. The topological polar surface area (TPSA) is 117 Å². The Kier molecular flexibility index (Phi) is 6.51. The van der Waals surface area contributed by atoms with Crippen LogP contribution in [0.4, 0.5) is 24.7 Å². The van der Waals surface area contributed by atoms with Gasteiger partial charge in [-0.05, 0) is 30.5 Å². The Morgan fingerprint density at radius 2 is 1.91 bits per heavy atom. The number of carbonyl (C=O) groups is 1. The molecule has 0 aliphatic heterocycles. The zero-order chi connectivity index (χ0) is 23.7. The number of hydrogen-bond donors (Lipinski definition) is 3. The van der Waals surface area contributed by atoms with Crippen molar-refractivity contribution in [3.05, 3.63) is 41.6 Å². The van der Waals surface area contributed by atoms with Crippen molar-refractivity contribution in [2.75, 3.05) is 5.32 Å². The van der Waals surface area contributed by atoms with Crippen LogP contribution in [-0.4, -0.2) is 33.1 Å². The molecule has 1 saturated carbocycles. The van der Waals surface area contributed by atoms with Gasteiger partial charge in [-0.1, -0.05) is 38.8 Å². The van der Waals surface area contributed by atoms with Crippen molar-refractivity contribution in [1.82, 2.24) is 9.78 Å². The molecule has 0 bridgehead atoms. The van der Waals surface area contributed by atoms with Crippen LogP contribution in [0.5, 0.6) is 0 Å². The number of halogens is 3. The van der Waals surface area contributed by atoms with E-state index in [4.69, 9.17) is 5.73 Å². The third kappa shape index (κ3) is 4.72. The van der Waals surface area contributed by atoms with E-state index >= 15 is 0 Å². The standard InChI is InChI=1S/C22H26F3N5O2/c1-21(2,20(32)22(23,24)25)14-7-9-15(10-8-14)28-19-16(18(27)31)12-30(29-19)17-6-4-3-5-13(17)11-26/h7-10,12-13,17,20,32H,3-6H2,1-2H3,(H2,27,31)(H,28,29)/t13-,17+,20+/m0/s1. The molecule has 7 nitrogen and oxygen atoms in total. The van der Waals surface area contributed by atoms with Crippen LogP contribution >= 0.6 is 0 Å². The molecule has 10 heteroatoms. The summed E-state index contributed by atoms with van der Waals surface area (Å²) in [6, 6.07) is 8.19. The van der Waals surface area contributed by atoms with E-state index in [-0.39, 0.29) is 23.3 Å². The number of aliphatic hydroxyl groups is 1. The smallest absolute Gasteiger partial charge is 0.383 e. The average molecular weight is 449 g/mol. The molecule has 3 rings (SSSR count). The van der Waals surface area contributed by atoms with E-state index < -0.39 is 23.6 Å². The molecule has 1 aromatic carbocycles.